The maximum atomic E-state index is 15.8. The normalized spacial score (nSPS) is 14.2. The molecule has 1 N–H and O–H groups in total. The van der Waals surface area contributed by atoms with Gasteiger partial charge in [0.25, 0.3) is 0 Å². The summed E-state index contributed by atoms with van der Waals surface area (Å²) in [5.41, 5.74) is 3.79. The lowest BCUT2D eigenvalue weighted by Gasteiger charge is -2.32. The predicted octanol–water partition coefficient (Wildman–Crippen LogP) is 6.52. The molecule has 0 spiro atoms. The third kappa shape index (κ3) is 4.72. The highest BCUT2D eigenvalue weighted by molar-refractivity contribution is 5.89. The number of fused-ring (bicyclic) bond motifs is 1. The molecule has 1 aliphatic heterocycles. The molecule has 0 bridgehead atoms. The maximum absolute atomic E-state index is 15.8. The molecule has 3 aromatic rings. The van der Waals surface area contributed by atoms with Crippen LogP contribution >= 0.6 is 0 Å². The van der Waals surface area contributed by atoms with Crippen LogP contribution in [0.3, 0.4) is 0 Å². The monoisotopic (exact) mass is 522 g/mol. The molecule has 2 heterocycles. The average molecular weight is 523 g/mol. The van der Waals surface area contributed by atoms with E-state index in [1.807, 2.05) is 59.7 Å². The Kier molecular flexibility index (Phi) is 7.46. The van der Waals surface area contributed by atoms with Gasteiger partial charge < -0.3 is 10.2 Å². The number of para-hydroxylation sites is 1. The minimum atomic E-state index is -0.748. The summed E-state index contributed by atoms with van der Waals surface area (Å²) in [4.78, 5) is 26.5. The molecule has 2 aromatic carbocycles. The van der Waals surface area contributed by atoms with Crippen LogP contribution < -0.4 is 5.32 Å². The molecule has 0 radical (unpaired) electrons. The van der Waals surface area contributed by atoms with Gasteiger partial charge in [-0.2, -0.15) is 5.10 Å². The highest BCUT2D eigenvalue weighted by Gasteiger charge is 2.45. The number of hydrogen-bond acceptors (Lipinski definition) is 3. The van der Waals surface area contributed by atoms with Crippen molar-refractivity contribution in [1.29, 1.82) is 0 Å². The van der Waals surface area contributed by atoms with E-state index in [1.165, 1.54) is 6.92 Å². The number of benzene rings is 2. The van der Waals surface area contributed by atoms with Crippen molar-refractivity contribution in [3.8, 4) is 16.9 Å². The zero-order valence-electron chi connectivity index (χ0n) is 23.2. The lowest BCUT2D eigenvalue weighted by Crippen LogP contribution is -2.41. The summed E-state index contributed by atoms with van der Waals surface area (Å²) in [5, 5.41) is 7.37. The second kappa shape index (κ2) is 10.3. The Labute approximate surface area is 223 Å². The number of rotatable bonds is 7. The van der Waals surface area contributed by atoms with Gasteiger partial charge in [0.05, 0.1) is 34.8 Å². The van der Waals surface area contributed by atoms with Crippen LogP contribution in [0.1, 0.15) is 77.3 Å². The van der Waals surface area contributed by atoms with Gasteiger partial charge >= 0.3 is 0 Å². The third-order valence-corrected chi connectivity index (χ3v) is 7.24. The Morgan fingerprint density at radius 2 is 1.71 bits per heavy atom. The van der Waals surface area contributed by atoms with Crippen molar-refractivity contribution >= 4 is 17.5 Å². The van der Waals surface area contributed by atoms with E-state index in [0.717, 1.165) is 41.8 Å². The molecule has 1 aliphatic rings. The first kappa shape index (κ1) is 27.5. The molecular weight excluding hydrogens is 486 g/mol. The van der Waals surface area contributed by atoms with Gasteiger partial charge in [-0.25, -0.2) is 13.5 Å². The summed E-state index contributed by atoms with van der Waals surface area (Å²) in [7, 11) is 0. The third-order valence-electron chi connectivity index (χ3n) is 7.24. The molecule has 0 saturated carbocycles. The number of halogens is 2. The molecule has 8 heteroatoms. The van der Waals surface area contributed by atoms with E-state index in [0.29, 0.717) is 23.4 Å². The van der Waals surface area contributed by atoms with Gasteiger partial charge in [0.1, 0.15) is 11.6 Å². The van der Waals surface area contributed by atoms with Crippen LogP contribution in [0.25, 0.3) is 16.9 Å². The Hall–Kier alpha value is -3.55. The average Bonchev–Trinajstić information content (AvgIpc) is 3.34. The first-order chi connectivity index (χ1) is 17.9. The van der Waals surface area contributed by atoms with Crippen molar-refractivity contribution in [1.82, 2.24) is 14.7 Å². The summed E-state index contributed by atoms with van der Waals surface area (Å²) >= 11 is 0. The number of nitrogens with one attached hydrogen (secondary N) is 1. The Bertz CT molecular complexity index is 1390. The number of anilines is 1. The van der Waals surface area contributed by atoms with Crippen LogP contribution in [-0.2, 0) is 34.5 Å². The van der Waals surface area contributed by atoms with Crippen LogP contribution in [0.5, 0.6) is 0 Å². The Balaban J connectivity index is 2.01. The minimum absolute atomic E-state index is 0.00337. The van der Waals surface area contributed by atoms with Crippen LogP contribution in [-0.4, -0.2) is 26.5 Å². The van der Waals surface area contributed by atoms with E-state index >= 15 is 8.78 Å². The number of aromatic nitrogens is 2. The highest BCUT2D eigenvalue weighted by Crippen LogP contribution is 2.45. The molecule has 202 valence electrons. The minimum Gasteiger partial charge on any atom is -0.327 e. The van der Waals surface area contributed by atoms with E-state index < -0.39 is 23.1 Å². The SMILES string of the molecule is CCc1cccc(CC)c1-n1nc2c(c1-c1cc(F)c(NC(C)=O)cc1F)CN(C(=O)CC(C)C)C2(C)C. The molecule has 1 aromatic heterocycles. The standard InChI is InChI=1S/C30H36F2N4O2/c1-8-19-11-10-12-20(9-2)27(19)36-28(21-14-24(32)25(15-23(21)31)33-18(5)37)22-16-35(26(38)13-17(3)4)30(6,7)29(22)34-36/h10-12,14-15,17H,8-9,13,16H2,1-7H3,(H,33,37). The van der Waals surface area contributed by atoms with Crippen molar-refractivity contribution in [2.24, 2.45) is 5.92 Å². The lowest BCUT2D eigenvalue weighted by molar-refractivity contribution is -0.137. The van der Waals surface area contributed by atoms with Gasteiger partial charge in [-0.1, -0.05) is 45.9 Å². The number of carbonyl (C=O) groups is 2. The topological polar surface area (TPSA) is 67.2 Å². The van der Waals surface area contributed by atoms with E-state index in [1.54, 1.807) is 9.58 Å². The Morgan fingerprint density at radius 3 is 2.26 bits per heavy atom. The van der Waals surface area contributed by atoms with E-state index in [-0.39, 0.29) is 29.6 Å². The quantitative estimate of drug-likeness (QED) is 0.384. The van der Waals surface area contributed by atoms with Gasteiger partial charge in [0, 0.05) is 30.5 Å². The molecule has 0 atom stereocenters. The van der Waals surface area contributed by atoms with Crippen molar-refractivity contribution in [2.45, 2.75) is 79.8 Å². The molecule has 6 nitrogen and oxygen atoms in total. The predicted molar refractivity (Wildman–Crippen MR) is 145 cm³/mol. The summed E-state index contributed by atoms with van der Waals surface area (Å²) in [6.45, 7) is 13.5. The fraction of sp³-hybridized carbons (Fsp3) is 0.433. The van der Waals surface area contributed by atoms with Crippen molar-refractivity contribution in [2.75, 3.05) is 5.32 Å². The van der Waals surface area contributed by atoms with Crippen molar-refractivity contribution in [3.05, 3.63) is 64.4 Å². The molecule has 0 fully saturated rings. The van der Waals surface area contributed by atoms with Gasteiger partial charge in [-0.3, -0.25) is 9.59 Å². The number of aryl methyl sites for hydroxylation is 2. The van der Waals surface area contributed by atoms with Crippen LogP contribution in [0.15, 0.2) is 30.3 Å². The second-order valence-corrected chi connectivity index (χ2v) is 10.8. The lowest BCUT2D eigenvalue weighted by atomic mass is 9.97. The van der Waals surface area contributed by atoms with Crippen molar-refractivity contribution in [3.63, 3.8) is 0 Å². The molecule has 0 aliphatic carbocycles. The number of nitrogens with zero attached hydrogens (tertiary/aromatic N) is 3. The van der Waals surface area contributed by atoms with Crippen LogP contribution in [0.2, 0.25) is 0 Å². The fourth-order valence-corrected chi connectivity index (χ4v) is 5.37. The van der Waals surface area contributed by atoms with E-state index in [4.69, 9.17) is 5.10 Å². The van der Waals surface area contributed by atoms with Crippen LogP contribution in [0, 0.1) is 17.6 Å². The molecule has 2 amide bonds. The number of amides is 2. The zero-order chi connectivity index (χ0) is 27.9. The summed E-state index contributed by atoms with van der Waals surface area (Å²) < 4.78 is 32.7. The van der Waals surface area contributed by atoms with E-state index in [2.05, 4.69) is 5.32 Å². The summed E-state index contributed by atoms with van der Waals surface area (Å²) in [6.07, 6.45) is 1.85. The number of carbonyl (C=O) groups excluding carboxylic acids is 2. The van der Waals surface area contributed by atoms with Gasteiger partial charge in [0.2, 0.25) is 11.8 Å². The van der Waals surface area contributed by atoms with Gasteiger partial charge in [0.15, 0.2) is 0 Å². The van der Waals surface area contributed by atoms with E-state index in [9.17, 15) is 9.59 Å². The molecular formula is C30H36F2N4O2. The maximum Gasteiger partial charge on any atom is 0.223 e. The molecule has 38 heavy (non-hydrogen) atoms. The molecule has 0 unspecified atom stereocenters. The van der Waals surface area contributed by atoms with Crippen molar-refractivity contribution < 1.29 is 18.4 Å². The molecule has 4 rings (SSSR count). The fourth-order valence-electron chi connectivity index (χ4n) is 5.37. The molecule has 0 saturated heterocycles. The highest BCUT2D eigenvalue weighted by atomic mass is 19.1. The number of hydrogen-bond donors (Lipinski definition) is 1. The smallest absolute Gasteiger partial charge is 0.223 e. The van der Waals surface area contributed by atoms with Gasteiger partial charge in [-0.15, -0.1) is 0 Å². The first-order valence-electron chi connectivity index (χ1n) is 13.2. The largest absolute Gasteiger partial charge is 0.327 e. The summed E-state index contributed by atoms with van der Waals surface area (Å²) in [6, 6.07) is 8.15. The van der Waals surface area contributed by atoms with Crippen LogP contribution in [0.4, 0.5) is 14.5 Å². The zero-order valence-corrected chi connectivity index (χ0v) is 23.2. The summed E-state index contributed by atoms with van der Waals surface area (Å²) in [5.74, 6) is -1.75. The van der Waals surface area contributed by atoms with Gasteiger partial charge in [-0.05, 0) is 49.8 Å². The Morgan fingerprint density at radius 1 is 1.08 bits per heavy atom. The second-order valence-electron chi connectivity index (χ2n) is 10.8. The first-order valence-corrected chi connectivity index (χ1v) is 13.2.